The number of nitrogens with zero attached hydrogens (tertiary/aromatic N) is 1. The minimum absolute atomic E-state index is 0.430. The monoisotopic (exact) mass is 254 g/mol. The number of allylic oxidation sites excluding steroid dienone is 2. The number of hydrogen-bond donors (Lipinski definition) is 1. The van der Waals surface area contributed by atoms with E-state index in [-0.39, 0.29) is 0 Å². The molecule has 0 bridgehead atoms. The molecular formula is C17H22N2. The molecular weight excluding hydrogens is 232 g/mol. The largest absolute Gasteiger partial charge is 0.314 e. The van der Waals surface area contributed by atoms with E-state index in [0.29, 0.717) is 6.04 Å². The molecule has 2 aliphatic rings. The standard InChI is InChI=1S/C17H22N2/c1-3-7-15(8-4-1)17(16-9-5-2-6-10-16)19-13-11-18-12-14-19/h1,3-5,7-10,17-18H,2,6,11-14H2. The van der Waals surface area contributed by atoms with Gasteiger partial charge in [0.2, 0.25) is 0 Å². The van der Waals surface area contributed by atoms with Gasteiger partial charge in [-0.25, -0.2) is 0 Å². The predicted molar refractivity (Wildman–Crippen MR) is 80.1 cm³/mol. The van der Waals surface area contributed by atoms with Gasteiger partial charge in [0.05, 0.1) is 6.04 Å². The zero-order valence-electron chi connectivity index (χ0n) is 11.4. The van der Waals surface area contributed by atoms with Gasteiger partial charge in [0.15, 0.2) is 0 Å². The van der Waals surface area contributed by atoms with Gasteiger partial charge in [-0.15, -0.1) is 0 Å². The van der Waals surface area contributed by atoms with Crippen LogP contribution in [0.2, 0.25) is 0 Å². The average Bonchev–Trinajstić information content (AvgIpc) is 2.51. The highest BCUT2D eigenvalue weighted by Crippen LogP contribution is 2.31. The Balaban J connectivity index is 1.90. The third-order valence-electron chi connectivity index (χ3n) is 3.97. The summed E-state index contributed by atoms with van der Waals surface area (Å²) >= 11 is 0. The van der Waals surface area contributed by atoms with Crippen molar-refractivity contribution in [3.05, 3.63) is 59.7 Å². The van der Waals surface area contributed by atoms with Crippen LogP contribution in [-0.2, 0) is 0 Å². The van der Waals surface area contributed by atoms with Gasteiger partial charge in [-0.1, -0.05) is 48.6 Å². The van der Waals surface area contributed by atoms with E-state index < -0.39 is 0 Å². The van der Waals surface area contributed by atoms with Crippen LogP contribution in [0.1, 0.15) is 24.4 Å². The van der Waals surface area contributed by atoms with Gasteiger partial charge in [0.25, 0.3) is 0 Å². The zero-order valence-corrected chi connectivity index (χ0v) is 11.4. The molecule has 1 aliphatic carbocycles. The molecule has 1 aromatic rings. The zero-order chi connectivity index (χ0) is 12.9. The van der Waals surface area contributed by atoms with Gasteiger partial charge in [-0.2, -0.15) is 0 Å². The first-order valence-electron chi connectivity index (χ1n) is 7.31. The molecule has 19 heavy (non-hydrogen) atoms. The highest BCUT2D eigenvalue weighted by Gasteiger charge is 2.24. The van der Waals surface area contributed by atoms with E-state index in [2.05, 4.69) is 58.8 Å². The smallest absolute Gasteiger partial charge is 0.0599 e. The van der Waals surface area contributed by atoms with Crippen molar-refractivity contribution < 1.29 is 0 Å². The summed E-state index contributed by atoms with van der Waals surface area (Å²) in [6.07, 6.45) is 9.42. The van der Waals surface area contributed by atoms with E-state index in [1.54, 1.807) is 0 Å². The van der Waals surface area contributed by atoms with Crippen molar-refractivity contribution in [2.45, 2.75) is 18.9 Å². The second kappa shape index (κ2) is 6.18. The molecule has 100 valence electrons. The van der Waals surface area contributed by atoms with E-state index in [1.165, 1.54) is 24.0 Å². The first kappa shape index (κ1) is 12.6. The number of rotatable bonds is 3. The van der Waals surface area contributed by atoms with Crippen molar-refractivity contribution >= 4 is 0 Å². The number of hydrogen-bond acceptors (Lipinski definition) is 2. The highest BCUT2D eigenvalue weighted by molar-refractivity contribution is 5.36. The average molecular weight is 254 g/mol. The van der Waals surface area contributed by atoms with Crippen LogP contribution in [-0.4, -0.2) is 31.1 Å². The molecule has 1 unspecified atom stereocenters. The van der Waals surface area contributed by atoms with Gasteiger partial charge < -0.3 is 5.32 Å². The summed E-state index contributed by atoms with van der Waals surface area (Å²) in [4.78, 5) is 2.60. The summed E-state index contributed by atoms with van der Waals surface area (Å²) in [5.74, 6) is 0. The summed E-state index contributed by atoms with van der Waals surface area (Å²) < 4.78 is 0. The van der Waals surface area contributed by atoms with Crippen LogP contribution in [0, 0.1) is 0 Å². The second-order valence-electron chi connectivity index (χ2n) is 5.28. The topological polar surface area (TPSA) is 15.3 Å². The number of nitrogens with one attached hydrogen (secondary N) is 1. The number of piperazine rings is 1. The van der Waals surface area contributed by atoms with E-state index in [1.807, 2.05) is 0 Å². The third-order valence-corrected chi connectivity index (χ3v) is 3.97. The Morgan fingerprint density at radius 1 is 1.00 bits per heavy atom. The Morgan fingerprint density at radius 2 is 1.79 bits per heavy atom. The molecule has 0 radical (unpaired) electrons. The van der Waals surface area contributed by atoms with Crippen LogP contribution in [0.4, 0.5) is 0 Å². The second-order valence-corrected chi connectivity index (χ2v) is 5.28. The maximum atomic E-state index is 3.44. The van der Waals surface area contributed by atoms with E-state index in [4.69, 9.17) is 0 Å². The molecule has 1 N–H and O–H groups in total. The molecule has 1 aromatic carbocycles. The summed E-state index contributed by atoms with van der Waals surface area (Å²) in [5, 5.41) is 3.44. The van der Waals surface area contributed by atoms with Crippen LogP contribution in [0.3, 0.4) is 0 Å². The van der Waals surface area contributed by atoms with Gasteiger partial charge in [0, 0.05) is 26.2 Å². The molecule has 2 heteroatoms. The minimum atomic E-state index is 0.430. The van der Waals surface area contributed by atoms with Gasteiger partial charge in [-0.3, -0.25) is 4.90 Å². The van der Waals surface area contributed by atoms with Crippen LogP contribution in [0.15, 0.2) is 54.1 Å². The van der Waals surface area contributed by atoms with Crippen molar-refractivity contribution in [2.75, 3.05) is 26.2 Å². The summed E-state index contributed by atoms with van der Waals surface area (Å²) in [6.45, 7) is 4.45. The van der Waals surface area contributed by atoms with Crippen LogP contribution in [0.5, 0.6) is 0 Å². The number of benzene rings is 1. The maximum Gasteiger partial charge on any atom is 0.0599 e. The maximum absolute atomic E-state index is 3.44. The third kappa shape index (κ3) is 2.96. The molecule has 0 aromatic heterocycles. The lowest BCUT2D eigenvalue weighted by molar-refractivity contribution is 0.197. The van der Waals surface area contributed by atoms with E-state index in [0.717, 1.165) is 26.2 Å². The lowest BCUT2D eigenvalue weighted by Gasteiger charge is -2.36. The van der Waals surface area contributed by atoms with Crippen molar-refractivity contribution in [1.82, 2.24) is 10.2 Å². The van der Waals surface area contributed by atoms with Crippen molar-refractivity contribution in [3.8, 4) is 0 Å². The van der Waals surface area contributed by atoms with Crippen molar-refractivity contribution in [1.29, 1.82) is 0 Å². The minimum Gasteiger partial charge on any atom is -0.314 e. The first-order chi connectivity index (χ1) is 9.45. The fourth-order valence-electron chi connectivity index (χ4n) is 3.03. The van der Waals surface area contributed by atoms with Crippen molar-refractivity contribution in [3.63, 3.8) is 0 Å². The molecule has 0 amide bonds. The molecule has 1 saturated heterocycles. The molecule has 1 aliphatic heterocycles. The fourth-order valence-corrected chi connectivity index (χ4v) is 3.03. The Labute approximate surface area is 115 Å². The van der Waals surface area contributed by atoms with E-state index >= 15 is 0 Å². The van der Waals surface area contributed by atoms with Crippen LogP contribution >= 0.6 is 0 Å². The highest BCUT2D eigenvalue weighted by atomic mass is 15.2. The Kier molecular flexibility index (Phi) is 4.11. The molecule has 3 rings (SSSR count). The van der Waals surface area contributed by atoms with Crippen LogP contribution < -0.4 is 5.32 Å². The van der Waals surface area contributed by atoms with Gasteiger partial charge in [0.1, 0.15) is 0 Å². The molecule has 1 heterocycles. The summed E-state index contributed by atoms with van der Waals surface area (Å²) in [7, 11) is 0. The molecule has 1 fully saturated rings. The predicted octanol–water partition coefficient (Wildman–Crippen LogP) is 2.91. The molecule has 0 saturated carbocycles. The quantitative estimate of drug-likeness (QED) is 0.892. The van der Waals surface area contributed by atoms with Gasteiger partial charge >= 0.3 is 0 Å². The SMILES string of the molecule is C1=CC(C(c2ccccc2)N2CCNCC2)=CCC1. The Bertz CT molecular complexity index is 455. The van der Waals surface area contributed by atoms with E-state index in [9.17, 15) is 0 Å². The Morgan fingerprint density at radius 3 is 2.47 bits per heavy atom. The van der Waals surface area contributed by atoms with Crippen LogP contribution in [0.25, 0.3) is 0 Å². The Hall–Kier alpha value is -1.38. The van der Waals surface area contributed by atoms with Gasteiger partial charge in [-0.05, 0) is 24.0 Å². The fraction of sp³-hybridized carbons (Fsp3) is 0.412. The summed E-state index contributed by atoms with van der Waals surface area (Å²) in [6, 6.07) is 11.4. The normalized spacial score (nSPS) is 22.0. The lowest BCUT2D eigenvalue weighted by atomic mass is 9.92. The summed E-state index contributed by atoms with van der Waals surface area (Å²) in [5.41, 5.74) is 2.89. The first-order valence-corrected chi connectivity index (χ1v) is 7.31. The molecule has 2 nitrogen and oxygen atoms in total. The molecule has 1 atom stereocenters. The lowest BCUT2D eigenvalue weighted by Crippen LogP contribution is -2.45. The van der Waals surface area contributed by atoms with Crippen molar-refractivity contribution in [2.24, 2.45) is 0 Å². The molecule has 0 spiro atoms.